The number of aromatic nitrogens is 3. The molecule has 0 saturated carbocycles. The Morgan fingerprint density at radius 2 is 1.88 bits per heavy atom. The number of halogens is 1. The first-order valence-corrected chi connectivity index (χ1v) is 7.72. The molecule has 0 aliphatic heterocycles. The van der Waals surface area contributed by atoms with Crippen molar-refractivity contribution in [2.75, 3.05) is 0 Å². The second kappa shape index (κ2) is 5.62. The largest absolute Gasteiger partial charge is 0.334 e. The summed E-state index contributed by atoms with van der Waals surface area (Å²) in [6, 6.07) is 14.7. The second-order valence-electron chi connectivity index (χ2n) is 5.53. The Morgan fingerprint density at radius 3 is 2.67 bits per heavy atom. The van der Waals surface area contributed by atoms with Crippen molar-refractivity contribution in [2.45, 2.75) is 6.92 Å². The molecule has 4 aromatic rings. The quantitative estimate of drug-likeness (QED) is 0.594. The Labute approximate surface area is 141 Å². The second-order valence-corrected chi connectivity index (χ2v) is 5.97. The lowest BCUT2D eigenvalue weighted by Gasteiger charge is -2.01. The van der Waals surface area contributed by atoms with Gasteiger partial charge in [-0.25, -0.2) is 0 Å². The first kappa shape index (κ1) is 14.7. The van der Waals surface area contributed by atoms with Crippen molar-refractivity contribution in [3.8, 4) is 22.8 Å². The Balaban J connectivity index is 1.81. The Hall–Kier alpha value is -2.92. The number of fused-ring (bicyclic) bond motifs is 1. The average molecular weight is 338 g/mol. The number of nitrogens with zero attached hydrogens (tertiary/aromatic N) is 2. The molecule has 118 valence electrons. The lowest BCUT2D eigenvalue weighted by molar-refractivity contribution is 0.432. The highest BCUT2D eigenvalue weighted by molar-refractivity contribution is 6.30. The highest BCUT2D eigenvalue weighted by Gasteiger charge is 2.14. The van der Waals surface area contributed by atoms with Crippen LogP contribution in [0.4, 0.5) is 0 Å². The Kier molecular flexibility index (Phi) is 3.43. The van der Waals surface area contributed by atoms with Crippen LogP contribution in [0.2, 0.25) is 5.02 Å². The third kappa shape index (κ3) is 2.59. The fourth-order valence-electron chi connectivity index (χ4n) is 2.53. The van der Waals surface area contributed by atoms with Gasteiger partial charge in [0, 0.05) is 16.1 Å². The van der Waals surface area contributed by atoms with Crippen LogP contribution in [-0.2, 0) is 0 Å². The minimum absolute atomic E-state index is 0.254. The number of rotatable bonds is 2. The minimum atomic E-state index is -0.255. The molecule has 2 aromatic carbocycles. The van der Waals surface area contributed by atoms with Crippen molar-refractivity contribution in [3.05, 3.63) is 69.5 Å². The molecule has 0 atom stereocenters. The van der Waals surface area contributed by atoms with E-state index in [1.165, 1.54) is 0 Å². The number of pyridine rings is 1. The minimum Gasteiger partial charge on any atom is -0.334 e. The smallest absolute Gasteiger partial charge is 0.259 e. The number of benzene rings is 2. The van der Waals surface area contributed by atoms with E-state index in [0.717, 1.165) is 22.0 Å². The van der Waals surface area contributed by atoms with Gasteiger partial charge in [-0.15, -0.1) is 0 Å². The van der Waals surface area contributed by atoms with Crippen molar-refractivity contribution in [2.24, 2.45) is 0 Å². The van der Waals surface area contributed by atoms with E-state index in [4.69, 9.17) is 16.1 Å². The van der Waals surface area contributed by atoms with E-state index in [2.05, 4.69) is 15.1 Å². The SMILES string of the molecule is Cc1ccc2[nH]c(=O)c(-c3noc(-c4ccc(Cl)cc4)n3)cc2c1. The highest BCUT2D eigenvalue weighted by atomic mass is 35.5. The molecule has 1 N–H and O–H groups in total. The Bertz CT molecular complexity index is 1100. The first-order valence-electron chi connectivity index (χ1n) is 7.34. The van der Waals surface area contributed by atoms with Crippen LogP contribution >= 0.6 is 11.6 Å². The fraction of sp³-hybridized carbons (Fsp3) is 0.0556. The van der Waals surface area contributed by atoms with Crippen LogP contribution < -0.4 is 5.56 Å². The molecule has 0 saturated heterocycles. The van der Waals surface area contributed by atoms with Crippen molar-refractivity contribution >= 4 is 22.5 Å². The third-order valence-corrected chi connectivity index (χ3v) is 4.01. The topological polar surface area (TPSA) is 71.8 Å². The molecule has 5 nitrogen and oxygen atoms in total. The summed E-state index contributed by atoms with van der Waals surface area (Å²) in [4.78, 5) is 19.5. The normalized spacial score (nSPS) is 11.1. The molecule has 6 heteroatoms. The summed E-state index contributed by atoms with van der Waals surface area (Å²) in [6.45, 7) is 2.00. The molecule has 0 fully saturated rings. The van der Waals surface area contributed by atoms with Crippen LogP contribution in [0.15, 0.2) is 57.8 Å². The van der Waals surface area contributed by atoms with E-state index in [1.54, 1.807) is 30.3 Å². The number of hydrogen-bond donors (Lipinski definition) is 1. The molecule has 0 amide bonds. The lowest BCUT2D eigenvalue weighted by atomic mass is 10.1. The number of aryl methyl sites for hydroxylation is 1. The Morgan fingerprint density at radius 1 is 1.08 bits per heavy atom. The maximum absolute atomic E-state index is 12.3. The van der Waals surface area contributed by atoms with Gasteiger partial charge in [-0.05, 0) is 54.8 Å². The maximum atomic E-state index is 12.3. The van der Waals surface area contributed by atoms with E-state index < -0.39 is 0 Å². The van der Waals surface area contributed by atoms with Gasteiger partial charge in [-0.1, -0.05) is 28.4 Å². The van der Waals surface area contributed by atoms with E-state index in [1.807, 2.05) is 25.1 Å². The number of hydrogen-bond acceptors (Lipinski definition) is 4. The van der Waals surface area contributed by atoms with Crippen LogP contribution in [0.25, 0.3) is 33.7 Å². The maximum Gasteiger partial charge on any atom is 0.259 e. The summed E-state index contributed by atoms with van der Waals surface area (Å²) < 4.78 is 5.28. The zero-order chi connectivity index (χ0) is 16.7. The molecular weight excluding hydrogens is 326 g/mol. The van der Waals surface area contributed by atoms with E-state index in [0.29, 0.717) is 16.5 Å². The van der Waals surface area contributed by atoms with Gasteiger partial charge in [0.05, 0.1) is 5.56 Å². The highest BCUT2D eigenvalue weighted by Crippen LogP contribution is 2.23. The summed E-state index contributed by atoms with van der Waals surface area (Å²) in [5.41, 5.74) is 2.74. The number of nitrogens with one attached hydrogen (secondary N) is 1. The average Bonchev–Trinajstić information content (AvgIpc) is 3.05. The van der Waals surface area contributed by atoms with Crippen LogP contribution in [0.5, 0.6) is 0 Å². The summed E-state index contributed by atoms with van der Waals surface area (Å²) in [5, 5.41) is 5.48. The van der Waals surface area contributed by atoms with Gasteiger partial charge in [0.15, 0.2) is 0 Å². The fourth-order valence-corrected chi connectivity index (χ4v) is 2.66. The van der Waals surface area contributed by atoms with Crippen molar-refractivity contribution in [3.63, 3.8) is 0 Å². The van der Waals surface area contributed by atoms with E-state index in [9.17, 15) is 4.79 Å². The van der Waals surface area contributed by atoms with Gasteiger partial charge in [0.2, 0.25) is 5.82 Å². The molecule has 2 heterocycles. The molecule has 0 spiro atoms. The molecule has 0 unspecified atom stereocenters. The lowest BCUT2D eigenvalue weighted by Crippen LogP contribution is -2.09. The summed E-state index contributed by atoms with van der Waals surface area (Å²) in [5.74, 6) is 0.593. The molecular formula is C18H12ClN3O2. The summed E-state index contributed by atoms with van der Waals surface area (Å²) >= 11 is 5.88. The molecule has 0 radical (unpaired) electrons. The van der Waals surface area contributed by atoms with Crippen LogP contribution in [0.3, 0.4) is 0 Å². The van der Waals surface area contributed by atoms with Crippen LogP contribution in [-0.4, -0.2) is 15.1 Å². The van der Waals surface area contributed by atoms with Gasteiger partial charge < -0.3 is 9.51 Å². The monoisotopic (exact) mass is 337 g/mol. The third-order valence-electron chi connectivity index (χ3n) is 3.76. The van der Waals surface area contributed by atoms with Gasteiger partial charge >= 0.3 is 0 Å². The number of aromatic amines is 1. The van der Waals surface area contributed by atoms with Crippen molar-refractivity contribution in [1.82, 2.24) is 15.1 Å². The van der Waals surface area contributed by atoms with Gasteiger partial charge in [0.1, 0.15) is 0 Å². The molecule has 0 aliphatic carbocycles. The van der Waals surface area contributed by atoms with Gasteiger partial charge in [-0.3, -0.25) is 4.79 Å². The summed E-state index contributed by atoms with van der Waals surface area (Å²) in [7, 11) is 0. The predicted octanol–water partition coefficient (Wildman–Crippen LogP) is 4.21. The molecule has 2 aromatic heterocycles. The summed E-state index contributed by atoms with van der Waals surface area (Å²) in [6.07, 6.45) is 0. The predicted molar refractivity (Wildman–Crippen MR) is 93.0 cm³/mol. The van der Waals surface area contributed by atoms with E-state index in [-0.39, 0.29) is 11.4 Å². The van der Waals surface area contributed by atoms with Gasteiger partial charge in [-0.2, -0.15) is 4.98 Å². The van der Waals surface area contributed by atoms with E-state index >= 15 is 0 Å². The number of H-pyrrole nitrogens is 1. The molecule has 0 bridgehead atoms. The molecule has 4 rings (SSSR count). The first-order chi connectivity index (χ1) is 11.6. The van der Waals surface area contributed by atoms with Crippen molar-refractivity contribution in [1.29, 1.82) is 0 Å². The zero-order valence-electron chi connectivity index (χ0n) is 12.7. The van der Waals surface area contributed by atoms with Gasteiger partial charge in [0.25, 0.3) is 11.4 Å². The zero-order valence-corrected chi connectivity index (χ0v) is 13.5. The van der Waals surface area contributed by atoms with Crippen LogP contribution in [0, 0.1) is 6.92 Å². The molecule has 24 heavy (non-hydrogen) atoms. The molecule has 0 aliphatic rings. The standard InChI is InChI=1S/C18H12ClN3O2/c1-10-2-7-15-12(8-10)9-14(17(23)20-15)16-21-18(24-22-16)11-3-5-13(19)6-4-11/h2-9H,1H3,(H,20,23). The van der Waals surface area contributed by atoms with Crippen LogP contribution in [0.1, 0.15) is 5.56 Å². The van der Waals surface area contributed by atoms with Crippen molar-refractivity contribution < 1.29 is 4.52 Å².